The number of alkyl halides is 9. The van der Waals surface area contributed by atoms with Crippen molar-refractivity contribution in [2.24, 2.45) is 7.05 Å². The highest BCUT2D eigenvalue weighted by Crippen LogP contribution is 2.49. The number of hydrogen-bond acceptors (Lipinski definition) is 3. The normalized spacial score (nSPS) is 18.8. The molecule has 0 saturated carbocycles. The molecule has 15 heteroatoms. The van der Waals surface area contributed by atoms with Crippen molar-refractivity contribution in [2.75, 3.05) is 0 Å². The topological polar surface area (TPSA) is 60.3 Å². The number of aryl methyl sites for hydroxylation is 2. The summed E-state index contributed by atoms with van der Waals surface area (Å²) in [6.45, 7) is 0. The number of sulfonamides is 1. The van der Waals surface area contributed by atoms with E-state index in [1.54, 1.807) is 24.3 Å². The first-order valence-electron chi connectivity index (χ1n) is 8.91. The van der Waals surface area contributed by atoms with Crippen LogP contribution in [-0.2, 0) is 28.2 Å². The van der Waals surface area contributed by atoms with Gasteiger partial charge in [0.05, 0.1) is 6.04 Å². The number of para-hydroxylation sites is 1. The fourth-order valence-corrected chi connectivity index (χ4v) is 4.85. The molecule has 1 aliphatic rings. The Balaban J connectivity index is 1.96. The summed E-state index contributed by atoms with van der Waals surface area (Å²) < 4.78 is 132. The van der Waals surface area contributed by atoms with E-state index in [4.69, 9.17) is 0 Å². The van der Waals surface area contributed by atoms with Gasteiger partial charge in [0.1, 0.15) is 0 Å². The summed E-state index contributed by atoms with van der Waals surface area (Å²) in [5.74, 6) is 0. The summed E-state index contributed by atoms with van der Waals surface area (Å²) in [5, 5.41) is -5.59. The Morgan fingerprint density at radius 1 is 1.06 bits per heavy atom. The van der Waals surface area contributed by atoms with E-state index in [1.165, 1.54) is 16.3 Å². The van der Waals surface area contributed by atoms with Gasteiger partial charge in [-0.25, -0.2) is 17.9 Å². The predicted molar refractivity (Wildman–Crippen MR) is 106 cm³/mol. The molecule has 3 rings (SSSR count). The minimum atomic E-state index is -6.48. The number of nitrogens with zero attached hydrogens (tertiary/aromatic N) is 1. The third-order valence-electron chi connectivity index (χ3n) is 5.07. The second-order valence-corrected chi connectivity index (χ2v) is 10.3. The van der Waals surface area contributed by atoms with Gasteiger partial charge in [0.2, 0.25) is 0 Å². The van der Waals surface area contributed by atoms with Gasteiger partial charge in [0, 0.05) is 46.2 Å². The van der Waals surface area contributed by atoms with Gasteiger partial charge in [-0.1, -0.05) is 18.2 Å². The molecule has 0 fully saturated rings. The van der Waals surface area contributed by atoms with E-state index in [2.05, 4.69) is 4.74 Å². The van der Waals surface area contributed by atoms with Gasteiger partial charge in [0.25, 0.3) is 10.0 Å². The Hall–Kier alpha value is -1.20. The lowest BCUT2D eigenvalue weighted by Gasteiger charge is -2.32. The van der Waals surface area contributed by atoms with Crippen LogP contribution in [-0.4, -0.2) is 34.4 Å². The molecule has 0 spiro atoms. The first-order valence-corrected chi connectivity index (χ1v) is 11.5. The number of halogens is 9. The van der Waals surface area contributed by atoms with Gasteiger partial charge in [-0.15, -0.1) is 0 Å². The van der Waals surface area contributed by atoms with Crippen LogP contribution in [0.3, 0.4) is 0 Å². The van der Waals surface area contributed by atoms with Crippen LogP contribution in [0.25, 0.3) is 10.9 Å². The third-order valence-corrected chi connectivity index (χ3v) is 7.21. The molecule has 5 nitrogen and oxygen atoms in total. The molecule has 0 saturated heterocycles. The highest BCUT2D eigenvalue weighted by Gasteiger charge is 2.73. The Bertz CT molecular complexity index is 1130. The zero-order chi connectivity index (χ0) is 24.3. The highest BCUT2D eigenvalue weighted by molar-refractivity contribution is 14.1. The Morgan fingerprint density at radius 2 is 1.66 bits per heavy atom. The summed E-state index contributed by atoms with van der Waals surface area (Å²) in [4.78, 5) is 0. The number of nitrogens with one attached hydrogen (secondary N) is 1. The molecule has 0 amide bonds. The Morgan fingerprint density at radius 3 is 2.25 bits per heavy atom. The van der Waals surface area contributed by atoms with Crippen molar-refractivity contribution >= 4 is 43.5 Å². The lowest BCUT2D eigenvalue weighted by atomic mass is 9.92. The fraction of sp³-hybridized carbons (Fsp3) is 0.529. The average Bonchev–Trinajstić information content (AvgIpc) is 2.93. The van der Waals surface area contributed by atoms with E-state index in [1.807, 2.05) is 0 Å². The van der Waals surface area contributed by atoms with Crippen LogP contribution in [0.15, 0.2) is 24.3 Å². The Kier molecular flexibility index (Phi) is 6.31. The molecule has 0 aliphatic heterocycles. The van der Waals surface area contributed by atoms with Crippen LogP contribution in [0.1, 0.15) is 30.1 Å². The van der Waals surface area contributed by atoms with Gasteiger partial charge >= 0.3 is 21.4 Å². The number of hydrogen-bond donors (Lipinski definition) is 1. The van der Waals surface area contributed by atoms with Crippen LogP contribution in [0.4, 0.5) is 35.1 Å². The van der Waals surface area contributed by atoms with Crippen molar-refractivity contribution in [1.82, 2.24) is 9.29 Å². The molecule has 32 heavy (non-hydrogen) atoms. The Labute approximate surface area is 190 Å². The number of fused-ring (bicyclic) bond motifs is 3. The molecule has 0 bridgehead atoms. The molecule has 1 aliphatic carbocycles. The average molecular weight is 606 g/mol. The van der Waals surface area contributed by atoms with E-state index >= 15 is 0 Å². The molecular formula is C17H15F8IN2O3S. The van der Waals surface area contributed by atoms with Crippen molar-refractivity contribution < 1.29 is 48.3 Å². The zero-order valence-electron chi connectivity index (χ0n) is 16.0. The summed E-state index contributed by atoms with van der Waals surface area (Å²) in [7, 11) is -4.86. The monoisotopic (exact) mass is 606 g/mol. The molecule has 1 heterocycles. The quantitative estimate of drug-likeness (QED) is 0.265. The van der Waals surface area contributed by atoms with Crippen LogP contribution in [0.5, 0.6) is 0 Å². The van der Waals surface area contributed by atoms with Gasteiger partial charge < -0.3 is 4.57 Å². The molecule has 1 atom stereocenters. The summed E-state index contributed by atoms with van der Waals surface area (Å²) in [5.41, 5.74) is 1.49. The largest absolute Gasteiger partial charge is 0.448 e. The number of ether oxygens (including phenoxy) is 1. The van der Waals surface area contributed by atoms with E-state index in [-0.39, 0.29) is 34.7 Å². The van der Waals surface area contributed by atoms with Crippen molar-refractivity contribution in [3.8, 4) is 0 Å². The maximum absolute atomic E-state index is 14.2. The summed E-state index contributed by atoms with van der Waals surface area (Å²) >= 11 is -0.291. The fourth-order valence-electron chi connectivity index (χ4n) is 3.63. The van der Waals surface area contributed by atoms with E-state index in [0.717, 1.165) is 0 Å². The molecule has 2 aromatic rings. The van der Waals surface area contributed by atoms with Crippen molar-refractivity contribution in [3.05, 3.63) is 35.5 Å². The predicted octanol–water partition coefficient (Wildman–Crippen LogP) is 5.30. The first-order chi connectivity index (χ1) is 14.4. The molecule has 1 unspecified atom stereocenters. The van der Waals surface area contributed by atoms with E-state index in [9.17, 15) is 43.5 Å². The van der Waals surface area contributed by atoms with Crippen LogP contribution >= 0.6 is 22.6 Å². The van der Waals surface area contributed by atoms with Crippen LogP contribution < -0.4 is 4.72 Å². The van der Waals surface area contributed by atoms with Crippen molar-refractivity contribution in [3.63, 3.8) is 0 Å². The smallest absolute Gasteiger partial charge is 0.346 e. The molecule has 1 aromatic heterocycles. The molecule has 1 N–H and O–H groups in total. The van der Waals surface area contributed by atoms with Gasteiger partial charge in [-0.2, -0.15) is 35.1 Å². The van der Waals surface area contributed by atoms with Gasteiger partial charge in [0.15, 0.2) is 0 Å². The van der Waals surface area contributed by atoms with Gasteiger partial charge in [-0.3, -0.25) is 0 Å². The second-order valence-electron chi connectivity index (χ2n) is 7.16. The number of aromatic nitrogens is 1. The molecular weight excluding hydrogens is 591 g/mol. The van der Waals surface area contributed by atoms with E-state index in [0.29, 0.717) is 29.3 Å². The minimum Gasteiger partial charge on any atom is -0.346 e. The van der Waals surface area contributed by atoms with Crippen LogP contribution in [0, 0.1) is 0 Å². The SMILES string of the molecule is Cn1c2c(c3ccccc31)CCCC2NS(=O)(=O)C(F)(F)C(F)(F)OC(F)(F)C(F)(F)I. The molecule has 0 radical (unpaired) electrons. The van der Waals surface area contributed by atoms with E-state index < -0.39 is 37.5 Å². The molecule has 1 aromatic carbocycles. The maximum Gasteiger partial charge on any atom is 0.448 e. The third kappa shape index (κ3) is 4.09. The minimum absolute atomic E-state index is 0.0547. The zero-order valence-corrected chi connectivity index (χ0v) is 19.0. The second kappa shape index (κ2) is 7.94. The summed E-state index contributed by atoms with van der Waals surface area (Å²) in [6, 6.07) is 5.39. The number of benzene rings is 1. The highest BCUT2D eigenvalue weighted by atomic mass is 127. The standard InChI is InChI=1S/C17H15F8IN2O3S/c1-28-12-8-3-2-5-9(12)10-6-4-7-11(13(10)28)27-32(29,30)17(24,25)16(22,23)31-15(20,21)14(18,19)26/h2-3,5,8,11,27H,4,6-7H2,1H3. The number of rotatable bonds is 7. The van der Waals surface area contributed by atoms with Crippen molar-refractivity contribution in [2.45, 2.75) is 46.7 Å². The lowest BCUT2D eigenvalue weighted by molar-refractivity contribution is -0.438. The van der Waals surface area contributed by atoms with Crippen LogP contribution in [0.2, 0.25) is 0 Å². The van der Waals surface area contributed by atoms with Crippen molar-refractivity contribution in [1.29, 1.82) is 0 Å². The molecule has 180 valence electrons. The lowest BCUT2D eigenvalue weighted by Crippen LogP contribution is -2.57. The van der Waals surface area contributed by atoms with Gasteiger partial charge in [-0.05, 0) is 30.9 Å². The summed E-state index contributed by atoms with van der Waals surface area (Å²) in [6.07, 6.45) is -11.8. The first kappa shape index (κ1) is 25.4. The maximum atomic E-state index is 14.2.